The van der Waals surface area contributed by atoms with E-state index in [0.717, 1.165) is 24.2 Å². The summed E-state index contributed by atoms with van der Waals surface area (Å²) >= 11 is 5.41. The minimum Gasteiger partial charge on any atom is -0.295 e. The third-order valence-electron chi connectivity index (χ3n) is 5.22. The first kappa shape index (κ1) is 15.1. The Hall–Kier alpha value is -0.300. The Bertz CT molecular complexity index is 308. The fourth-order valence-electron chi connectivity index (χ4n) is 4.29. The van der Waals surface area contributed by atoms with E-state index in [1.165, 1.54) is 69.4 Å². The summed E-state index contributed by atoms with van der Waals surface area (Å²) < 4.78 is 0. The molecule has 3 unspecified atom stereocenters. The topological polar surface area (TPSA) is 17.1 Å². The van der Waals surface area contributed by atoms with Crippen LogP contribution < -0.4 is 0 Å². The zero-order valence-electron chi connectivity index (χ0n) is 12.0. The maximum Gasteiger partial charge on any atom is 0.156 e. The molecule has 0 radical (unpaired) electrons. The summed E-state index contributed by atoms with van der Waals surface area (Å²) in [5, 5.41) is 0. The van der Waals surface area contributed by atoms with Crippen LogP contribution in [0.4, 0.5) is 0 Å². The van der Waals surface area contributed by atoms with Crippen molar-refractivity contribution in [2.45, 2.75) is 70.6 Å². The zero-order chi connectivity index (χ0) is 13.5. The highest BCUT2D eigenvalue weighted by Gasteiger charge is 2.34. The average molecular weight is 283 g/mol. The first-order valence-electron chi connectivity index (χ1n) is 8.11. The molecule has 0 aromatic rings. The minimum absolute atomic E-state index is 0.175. The molecule has 19 heavy (non-hydrogen) atoms. The predicted octanol–water partition coefficient (Wildman–Crippen LogP) is 5.47. The molecular formula is C17H27ClO. The van der Waals surface area contributed by atoms with Crippen LogP contribution in [-0.2, 0) is 4.79 Å². The van der Waals surface area contributed by atoms with Gasteiger partial charge in [-0.2, -0.15) is 0 Å². The van der Waals surface area contributed by atoms with Gasteiger partial charge in [0.15, 0.2) is 5.78 Å². The molecular weight excluding hydrogens is 256 g/mol. The van der Waals surface area contributed by atoms with Crippen molar-refractivity contribution in [2.75, 3.05) is 0 Å². The van der Waals surface area contributed by atoms with Crippen molar-refractivity contribution < 1.29 is 4.79 Å². The van der Waals surface area contributed by atoms with Crippen LogP contribution in [0.25, 0.3) is 0 Å². The first-order chi connectivity index (χ1) is 9.31. The Morgan fingerprint density at radius 1 is 1.05 bits per heavy atom. The van der Waals surface area contributed by atoms with Gasteiger partial charge in [0, 0.05) is 12.0 Å². The molecule has 0 aromatic heterocycles. The number of carbonyl (C=O) groups is 1. The van der Waals surface area contributed by atoms with E-state index in [4.69, 9.17) is 11.6 Å². The van der Waals surface area contributed by atoms with Gasteiger partial charge >= 0.3 is 0 Å². The highest BCUT2D eigenvalue weighted by atomic mass is 35.5. The molecule has 108 valence electrons. The molecule has 0 saturated heterocycles. The summed E-state index contributed by atoms with van der Waals surface area (Å²) in [5.74, 6) is 3.18. The van der Waals surface area contributed by atoms with E-state index in [1.54, 1.807) is 0 Å². The van der Waals surface area contributed by atoms with Crippen LogP contribution in [0.1, 0.15) is 70.6 Å². The largest absolute Gasteiger partial charge is 0.295 e. The molecule has 0 bridgehead atoms. The van der Waals surface area contributed by atoms with E-state index in [0.29, 0.717) is 6.42 Å². The van der Waals surface area contributed by atoms with Crippen LogP contribution in [0.15, 0.2) is 11.6 Å². The number of fused-ring (bicyclic) bond motifs is 1. The molecule has 0 heterocycles. The minimum atomic E-state index is 0.175. The van der Waals surface area contributed by atoms with Crippen LogP contribution in [-0.4, -0.2) is 5.78 Å². The third-order valence-corrected chi connectivity index (χ3v) is 5.35. The van der Waals surface area contributed by atoms with Crippen LogP contribution in [0, 0.1) is 17.8 Å². The van der Waals surface area contributed by atoms with Crippen molar-refractivity contribution in [2.24, 2.45) is 17.8 Å². The van der Waals surface area contributed by atoms with Crippen molar-refractivity contribution in [3.05, 3.63) is 11.6 Å². The van der Waals surface area contributed by atoms with Crippen LogP contribution >= 0.6 is 11.6 Å². The number of rotatable bonds is 6. The number of ketones is 1. The van der Waals surface area contributed by atoms with Gasteiger partial charge in [0.1, 0.15) is 0 Å². The van der Waals surface area contributed by atoms with Crippen molar-refractivity contribution >= 4 is 17.4 Å². The Morgan fingerprint density at radius 2 is 1.84 bits per heavy atom. The van der Waals surface area contributed by atoms with Crippen LogP contribution in [0.5, 0.6) is 0 Å². The van der Waals surface area contributed by atoms with E-state index in [-0.39, 0.29) is 5.78 Å². The summed E-state index contributed by atoms with van der Waals surface area (Å²) in [4.78, 5) is 11.4. The molecule has 0 N–H and O–H groups in total. The summed E-state index contributed by atoms with van der Waals surface area (Å²) in [6.45, 7) is 0. The number of unbranched alkanes of at least 4 members (excludes halogenated alkanes) is 1. The molecule has 2 heteroatoms. The maximum absolute atomic E-state index is 11.4. The number of halogens is 1. The lowest BCUT2D eigenvalue weighted by atomic mass is 9.64. The molecule has 0 spiro atoms. The van der Waals surface area contributed by atoms with Gasteiger partial charge in [-0.1, -0.05) is 63.0 Å². The van der Waals surface area contributed by atoms with Crippen molar-refractivity contribution in [1.29, 1.82) is 0 Å². The van der Waals surface area contributed by atoms with Gasteiger partial charge in [0.05, 0.1) is 0 Å². The van der Waals surface area contributed by atoms with Gasteiger partial charge in [0.2, 0.25) is 0 Å². The van der Waals surface area contributed by atoms with Gasteiger partial charge in [-0.05, 0) is 36.7 Å². The average Bonchev–Trinajstić information content (AvgIpc) is 2.44. The summed E-state index contributed by atoms with van der Waals surface area (Å²) in [5.41, 5.74) is 1.33. The van der Waals surface area contributed by atoms with Crippen molar-refractivity contribution in [1.82, 2.24) is 0 Å². The SMILES string of the molecule is O=C(C=CCl)CCCCC1CCCC2CCCCC12. The molecule has 3 atom stereocenters. The second-order valence-corrected chi connectivity index (χ2v) is 6.66. The molecule has 0 aromatic carbocycles. The molecule has 2 rings (SSSR count). The Labute approximate surface area is 122 Å². The quantitative estimate of drug-likeness (QED) is 0.466. The summed E-state index contributed by atoms with van der Waals surface area (Å²) in [6, 6.07) is 0. The maximum atomic E-state index is 11.4. The highest BCUT2D eigenvalue weighted by molar-refractivity contribution is 6.26. The molecule has 2 saturated carbocycles. The lowest BCUT2D eigenvalue weighted by molar-refractivity contribution is -0.114. The number of carbonyl (C=O) groups excluding carboxylic acids is 1. The second kappa shape index (κ2) is 8.09. The smallest absolute Gasteiger partial charge is 0.156 e. The fourth-order valence-corrected chi connectivity index (χ4v) is 4.43. The predicted molar refractivity (Wildman–Crippen MR) is 81.3 cm³/mol. The molecule has 2 aliphatic rings. The summed E-state index contributed by atoms with van der Waals surface area (Å²) in [7, 11) is 0. The highest BCUT2D eigenvalue weighted by Crippen LogP contribution is 2.45. The molecule has 0 aliphatic heterocycles. The van der Waals surface area contributed by atoms with Crippen LogP contribution in [0.3, 0.4) is 0 Å². The molecule has 0 amide bonds. The number of allylic oxidation sites excluding steroid dienone is 1. The van der Waals surface area contributed by atoms with Gasteiger partial charge in [-0.3, -0.25) is 4.79 Å². The van der Waals surface area contributed by atoms with E-state index >= 15 is 0 Å². The van der Waals surface area contributed by atoms with E-state index < -0.39 is 0 Å². The molecule has 2 aliphatic carbocycles. The van der Waals surface area contributed by atoms with Gasteiger partial charge in [-0.15, -0.1) is 0 Å². The Kier molecular flexibility index (Phi) is 6.43. The number of hydrogen-bond donors (Lipinski definition) is 0. The van der Waals surface area contributed by atoms with Gasteiger partial charge in [0.25, 0.3) is 0 Å². The van der Waals surface area contributed by atoms with Gasteiger partial charge in [-0.25, -0.2) is 0 Å². The molecule has 2 fully saturated rings. The normalized spacial score (nSPS) is 31.3. The van der Waals surface area contributed by atoms with E-state index in [1.807, 2.05) is 0 Å². The first-order valence-corrected chi connectivity index (χ1v) is 8.54. The lowest BCUT2D eigenvalue weighted by Crippen LogP contribution is -2.30. The van der Waals surface area contributed by atoms with E-state index in [2.05, 4.69) is 0 Å². The fraction of sp³-hybridized carbons (Fsp3) is 0.824. The lowest BCUT2D eigenvalue weighted by Gasteiger charge is -2.41. The monoisotopic (exact) mass is 282 g/mol. The van der Waals surface area contributed by atoms with Crippen LogP contribution in [0.2, 0.25) is 0 Å². The Balaban J connectivity index is 1.68. The van der Waals surface area contributed by atoms with Gasteiger partial charge < -0.3 is 0 Å². The van der Waals surface area contributed by atoms with Crippen molar-refractivity contribution in [3.8, 4) is 0 Å². The Morgan fingerprint density at radius 3 is 2.68 bits per heavy atom. The molecule has 1 nitrogen and oxygen atoms in total. The van der Waals surface area contributed by atoms with Crippen molar-refractivity contribution in [3.63, 3.8) is 0 Å². The third kappa shape index (κ3) is 4.63. The summed E-state index contributed by atoms with van der Waals surface area (Å²) in [6.07, 6.45) is 16.0. The zero-order valence-corrected chi connectivity index (χ0v) is 12.7. The second-order valence-electron chi connectivity index (χ2n) is 6.40. The standard InChI is InChI=1S/C17H27ClO/c18-13-12-16(19)10-3-1-6-14-8-5-9-15-7-2-4-11-17(14)15/h12-15,17H,1-11H2. The van der Waals surface area contributed by atoms with E-state index in [9.17, 15) is 4.79 Å². The number of hydrogen-bond acceptors (Lipinski definition) is 1.